The van der Waals surface area contributed by atoms with E-state index in [1.54, 1.807) is 18.3 Å². The largest absolute Gasteiger partial charge is 0.345 e. The Morgan fingerprint density at radius 1 is 0.962 bits per heavy atom. The van der Waals surface area contributed by atoms with E-state index in [-0.39, 0.29) is 5.91 Å². The zero-order valence-corrected chi connectivity index (χ0v) is 15.8. The second-order valence-corrected chi connectivity index (χ2v) is 6.61. The number of amides is 1. The molecule has 3 aromatic carbocycles. The molecule has 0 bridgehead atoms. The summed E-state index contributed by atoms with van der Waals surface area (Å²) in [6, 6.07) is 25.3. The molecule has 0 atom stereocenters. The molecule has 0 saturated heterocycles. The van der Waals surface area contributed by atoms with Crippen LogP contribution in [0.4, 0.5) is 11.4 Å². The number of benzene rings is 3. The van der Waals surface area contributed by atoms with Crippen molar-refractivity contribution in [1.82, 2.24) is 5.43 Å². The highest BCUT2D eigenvalue weighted by Gasteiger charge is 2.04. The number of hydrogen-bond donors (Lipinski definition) is 1. The third-order valence-electron chi connectivity index (χ3n) is 3.89. The first kappa shape index (κ1) is 17.9. The summed E-state index contributed by atoms with van der Waals surface area (Å²) in [6.45, 7) is 0. The van der Waals surface area contributed by atoms with E-state index >= 15 is 0 Å². The van der Waals surface area contributed by atoms with Gasteiger partial charge in [-0.25, -0.2) is 5.43 Å². The van der Waals surface area contributed by atoms with Crippen molar-refractivity contribution in [2.75, 3.05) is 11.9 Å². The smallest absolute Gasteiger partial charge is 0.271 e. The average Bonchev–Trinajstić information content (AvgIpc) is 2.68. The SMILES string of the molecule is CN(c1ccccc1)c1ccc(/C=N\NC(=O)c2cccc(Br)c2)cc1. The molecule has 0 aliphatic carbocycles. The summed E-state index contributed by atoms with van der Waals surface area (Å²) in [4.78, 5) is 14.1. The van der Waals surface area contributed by atoms with Crippen LogP contribution in [0.25, 0.3) is 0 Å². The fourth-order valence-corrected chi connectivity index (χ4v) is 2.84. The summed E-state index contributed by atoms with van der Waals surface area (Å²) in [5, 5.41) is 4.03. The maximum Gasteiger partial charge on any atom is 0.271 e. The van der Waals surface area contributed by atoms with Crippen LogP contribution in [0.5, 0.6) is 0 Å². The maximum absolute atomic E-state index is 12.0. The van der Waals surface area contributed by atoms with Crippen LogP contribution in [-0.2, 0) is 0 Å². The van der Waals surface area contributed by atoms with Gasteiger partial charge in [0.25, 0.3) is 5.91 Å². The molecule has 0 spiro atoms. The molecule has 0 fully saturated rings. The minimum atomic E-state index is -0.247. The van der Waals surface area contributed by atoms with Gasteiger partial charge in [-0.3, -0.25) is 4.79 Å². The van der Waals surface area contributed by atoms with E-state index in [9.17, 15) is 4.79 Å². The zero-order valence-electron chi connectivity index (χ0n) is 14.3. The number of halogens is 1. The lowest BCUT2D eigenvalue weighted by Gasteiger charge is -2.19. The molecule has 1 N–H and O–H groups in total. The van der Waals surface area contributed by atoms with Gasteiger partial charge in [0.1, 0.15) is 0 Å². The van der Waals surface area contributed by atoms with Crippen LogP contribution in [0, 0.1) is 0 Å². The Morgan fingerprint density at radius 2 is 1.65 bits per heavy atom. The van der Waals surface area contributed by atoms with Crippen molar-refractivity contribution < 1.29 is 4.79 Å². The third kappa shape index (κ3) is 4.58. The van der Waals surface area contributed by atoms with Crippen molar-refractivity contribution in [3.63, 3.8) is 0 Å². The molecule has 0 aromatic heterocycles. The van der Waals surface area contributed by atoms with Gasteiger partial charge in [-0.2, -0.15) is 5.10 Å². The van der Waals surface area contributed by atoms with Gasteiger partial charge in [0, 0.05) is 28.5 Å². The van der Waals surface area contributed by atoms with Crippen LogP contribution in [0.15, 0.2) is 88.4 Å². The lowest BCUT2D eigenvalue weighted by Crippen LogP contribution is -2.17. The van der Waals surface area contributed by atoms with E-state index in [2.05, 4.69) is 43.5 Å². The zero-order chi connectivity index (χ0) is 18.4. The molecule has 4 nitrogen and oxygen atoms in total. The second-order valence-electron chi connectivity index (χ2n) is 5.70. The highest BCUT2D eigenvalue weighted by molar-refractivity contribution is 9.10. The minimum Gasteiger partial charge on any atom is -0.345 e. The van der Waals surface area contributed by atoms with E-state index in [0.717, 1.165) is 21.4 Å². The first-order valence-corrected chi connectivity index (χ1v) is 8.90. The van der Waals surface area contributed by atoms with Gasteiger partial charge >= 0.3 is 0 Å². The number of carbonyl (C=O) groups is 1. The van der Waals surface area contributed by atoms with Crippen molar-refractivity contribution in [3.8, 4) is 0 Å². The lowest BCUT2D eigenvalue weighted by atomic mass is 10.2. The summed E-state index contributed by atoms with van der Waals surface area (Å²) < 4.78 is 0.854. The normalized spacial score (nSPS) is 10.7. The molecule has 130 valence electrons. The average molecular weight is 408 g/mol. The van der Waals surface area contributed by atoms with Gasteiger partial charge < -0.3 is 4.90 Å². The quantitative estimate of drug-likeness (QED) is 0.478. The Labute approximate surface area is 161 Å². The minimum absolute atomic E-state index is 0.247. The first-order chi connectivity index (χ1) is 12.6. The van der Waals surface area contributed by atoms with Crippen molar-refractivity contribution >= 4 is 39.4 Å². The van der Waals surface area contributed by atoms with Crippen LogP contribution in [-0.4, -0.2) is 19.2 Å². The molecule has 26 heavy (non-hydrogen) atoms. The second kappa shape index (κ2) is 8.45. The summed E-state index contributed by atoms with van der Waals surface area (Å²) in [7, 11) is 2.02. The van der Waals surface area contributed by atoms with Crippen molar-refractivity contribution in [3.05, 3.63) is 94.5 Å². The van der Waals surface area contributed by atoms with Gasteiger partial charge in [0.15, 0.2) is 0 Å². The predicted molar refractivity (Wildman–Crippen MR) is 110 cm³/mol. The number of carbonyl (C=O) groups excluding carboxylic acids is 1. The van der Waals surface area contributed by atoms with E-state index in [0.29, 0.717) is 5.56 Å². The number of hydrogen-bond acceptors (Lipinski definition) is 3. The predicted octanol–water partition coefficient (Wildman–Crippen LogP) is 4.98. The molecule has 0 aliphatic rings. The fourth-order valence-electron chi connectivity index (χ4n) is 2.44. The summed E-state index contributed by atoms with van der Waals surface area (Å²) in [6.07, 6.45) is 1.63. The maximum atomic E-state index is 12.0. The van der Waals surface area contributed by atoms with Gasteiger partial charge in [-0.1, -0.05) is 52.3 Å². The van der Waals surface area contributed by atoms with Crippen LogP contribution in [0.1, 0.15) is 15.9 Å². The molecular formula is C21H18BrN3O. The summed E-state index contributed by atoms with van der Waals surface area (Å²) in [5.41, 5.74) is 6.19. The van der Waals surface area contributed by atoms with Gasteiger partial charge in [-0.05, 0) is 48.0 Å². The summed E-state index contributed by atoms with van der Waals surface area (Å²) in [5.74, 6) is -0.247. The molecular weight excluding hydrogens is 390 g/mol. The number of rotatable bonds is 5. The summed E-state index contributed by atoms with van der Waals surface area (Å²) >= 11 is 3.35. The van der Waals surface area contributed by atoms with E-state index in [4.69, 9.17) is 0 Å². The van der Waals surface area contributed by atoms with E-state index in [1.165, 1.54) is 0 Å². The van der Waals surface area contributed by atoms with Crippen molar-refractivity contribution in [2.45, 2.75) is 0 Å². The number of hydrazone groups is 1. The van der Waals surface area contributed by atoms with E-state index in [1.807, 2.05) is 61.6 Å². The van der Waals surface area contributed by atoms with Gasteiger partial charge in [0.2, 0.25) is 0 Å². The highest BCUT2D eigenvalue weighted by Crippen LogP contribution is 2.22. The van der Waals surface area contributed by atoms with Crippen LogP contribution in [0.3, 0.4) is 0 Å². The van der Waals surface area contributed by atoms with Crippen LogP contribution in [0.2, 0.25) is 0 Å². The molecule has 0 aliphatic heterocycles. The molecule has 0 saturated carbocycles. The monoisotopic (exact) mass is 407 g/mol. The molecule has 0 heterocycles. The Kier molecular flexibility index (Phi) is 5.81. The number of nitrogens with one attached hydrogen (secondary N) is 1. The van der Waals surface area contributed by atoms with Crippen LogP contribution < -0.4 is 10.3 Å². The van der Waals surface area contributed by atoms with Gasteiger partial charge in [0.05, 0.1) is 6.21 Å². The molecule has 0 radical (unpaired) electrons. The number of anilines is 2. The third-order valence-corrected chi connectivity index (χ3v) is 4.38. The molecule has 3 rings (SSSR count). The molecule has 1 amide bonds. The molecule has 0 unspecified atom stereocenters. The Hall–Kier alpha value is -2.92. The number of para-hydroxylation sites is 1. The topological polar surface area (TPSA) is 44.7 Å². The Balaban J connectivity index is 1.62. The first-order valence-electron chi connectivity index (χ1n) is 8.11. The lowest BCUT2D eigenvalue weighted by molar-refractivity contribution is 0.0955. The Bertz CT molecular complexity index is 908. The van der Waals surface area contributed by atoms with Crippen LogP contribution >= 0.6 is 15.9 Å². The van der Waals surface area contributed by atoms with E-state index < -0.39 is 0 Å². The Morgan fingerprint density at radius 3 is 2.35 bits per heavy atom. The molecule has 5 heteroatoms. The number of nitrogens with zero attached hydrogens (tertiary/aromatic N) is 2. The fraction of sp³-hybridized carbons (Fsp3) is 0.0476. The highest BCUT2D eigenvalue weighted by atomic mass is 79.9. The van der Waals surface area contributed by atoms with Crippen molar-refractivity contribution in [2.24, 2.45) is 5.10 Å². The van der Waals surface area contributed by atoms with Gasteiger partial charge in [-0.15, -0.1) is 0 Å². The standard InChI is InChI=1S/C21H18BrN3O/c1-25(19-8-3-2-4-9-19)20-12-10-16(11-13-20)15-23-24-21(26)17-6-5-7-18(22)14-17/h2-15H,1H3,(H,24,26)/b23-15-. The van der Waals surface area contributed by atoms with Crippen molar-refractivity contribution in [1.29, 1.82) is 0 Å². The molecule has 3 aromatic rings.